The molecule has 164 valence electrons. The average molecular weight is 427 g/mol. The van der Waals surface area contributed by atoms with E-state index in [2.05, 4.69) is 15.5 Å². The number of methoxy groups -OCH3 is 2. The normalized spacial score (nSPS) is 10.7. The fourth-order valence-corrected chi connectivity index (χ4v) is 3.27. The number of aliphatic carboxylic acids is 1. The maximum absolute atomic E-state index is 12.8. The monoisotopic (exact) mass is 427 g/mol. The second kappa shape index (κ2) is 9.33. The predicted octanol–water partition coefficient (Wildman–Crippen LogP) is 2.49. The van der Waals surface area contributed by atoms with Crippen molar-refractivity contribution in [3.05, 3.63) is 53.1 Å². The van der Waals surface area contributed by atoms with Crippen molar-refractivity contribution in [2.45, 2.75) is 33.4 Å². The van der Waals surface area contributed by atoms with Gasteiger partial charge in [0.15, 0.2) is 11.5 Å². The van der Waals surface area contributed by atoms with Crippen LogP contribution in [0, 0.1) is 13.8 Å². The number of anilines is 1. The summed E-state index contributed by atoms with van der Waals surface area (Å²) >= 11 is 0. The number of aromatic nitrogens is 4. The molecule has 10 nitrogen and oxygen atoms in total. The third-order valence-corrected chi connectivity index (χ3v) is 4.89. The zero-order valence-corrected chi connectivity index (χ0v) is 17.9. The van der Waals surface area contributed by atoms with Crippen molar-refractivity contribution in [2.24, 2.45) is 0 Å². The molecule has 0 aliphatic rings. The fraction of sp³-hybridized carbons (Fsp3) is 0.333. The molecule has 10 heteroatoms. The van der Waals surface area contributed by atoms with Crippen LogP contribution >= 0.6 is 0 Å². The van der Waals surface area contributed by atoms with E-state index in [1.54, 1.807) is 25.0 Å². The minimum Gasteiger partial charge on any atom is -0.493 e. The highest BCUT2D eigenvalue weighted by Crippen LogP contribution is 2.28. The van der Waals surface area contributed by atoms with Gasteiger partial charge in [0.2, 0.25) is 0 Å². The van der Waals surface area contributed by atoms with Crippen LogP contribution in [0.4, 0.5) is 5.69 Å². The van der Waals surface area contributed by atoms with E-state index in [0.717, 1.165) is 11.3 Å². The van der Waals surface area contributed by atoms with Crippen LogP contribution in [-0.2, 0) is 17.9 Å². The van der Waals surface area contributed by atoms with Gasteiger partial charge in [0, 0.05) is 6.20 Å². The molecule has 0 radical (unpaired) electrons. The molecule has 31 heavy (non-hydrogen) atoms. The number of rotatable bonds is 9. The second-order valence-corrected chi connectivity index (χ2v) is 6.93. The molecular formula is C21H25N5O5. The molecule has 1 aromatic carbocycles. The molecule has 0 bridgehead atoms. The Kier molecular flexibility index (Phi) is 6.58. The standard InChI is InChI=1S/C21H25N5O5/c1-13-20(23-21(29)16-7-9-22-25(16)10-8-19(27)28)14(2)26(24-13)12-15-5-6-17(30-3)18(11-15)31-4/h5-7,9,11H,8,10,12H2,1-4H3,(H,23,29)(H,27,28). The van der Waals surface area contributed by atoms with Crippen molar-refractivity contribution in [2.75, 3.05) is 19.5 Å². The number of nitrogens with one attached hydrogen (secondary N) is 1. The summed E-state index contributed by atoms with van der Waals surface area (Å²) in [6, 6.07) is 7.20. The summed E-state index contributed by atoms with van der Waals surface area (Å²) in [4.78, 5) is 23.6. The van der Waals surface area contributed by atoms with Crippen molar-refractivity contribution < 1.29 is 24.2 Å². The molecule has 2 aromatic heterocycles. The van der Waals surface area contributed by atoms with E-state index in [4.69, 9.17) is 14.6 Å². The Bertz CT molecular complexity index is 1100. The second-order valence-electron chi connectivity index (χ2n) is 6.93. The average Bonchev–Trinajstić information content (AvgIpc) is 3.32. The van der Waals surface area contributed by atoms with E-state index >= 15 is 0 Å². The van der Waals surface area contributed by atoms with Gasteiger partial charge < -0.3 is 19.9 Å². The summed E-state index contributed by atoms with van der Waals surface area (Å²) in [5.41, 5.74) is 3.32. The predicted molar refractivity (Wildman–Crippen MR) is 113 cm³/mol. The molecule has 0 saturated heterocycles. The Morgan fingerprint density at radius 2 is 1.84 bits per heavy atom. The van der Waals surface area contributed by atoms with E-state index in [0.29, 0.717) is 29.4 Å². The first-order valence-electron chi connectivity index (χ1n) is 9.64. The third kappa shape index (κ3) is 4.85. The third-order valence-electron chi connectivity index (χ3n) is 4.89. The van der Waals surface area contributed by atoms with E-state index in [-0.39, 0.29) is 24.6 Å². The van der Waals surface area contributed by atoms with Gasteiger partial charge in [-0.15, -0.1) is 0 Å². The Balaban J connectivity index is 1.79. The van der Waals surface area contributed by atoms with Gasteiger partial charge >= 0.3 is 5.97 Å². The maximum Gasteiger partial charge on any atom is 0.305 e. The Labute approximate surface area is 179 Å². The molecule has 0 spiro atoms. The van der Waals surface area contributed by atoms with Gasteiger partial charge in [-0.25, -0.2) is 0 Å². The van der Waals surface area contributed by atoms with Crippen LogP contribution in [0.2, 0.25) is 0 Å². The highest BCUT2D eigenvalue weighted by Gasteiger charge is 2.19. The van der Waals surface area contributed by atoms with Crippen LogP contribution in [0.15, 0.2) is 30.5 Å². The zero-order valence-electron chi connectivity index (χ0n) is 17.9. The molecule has 2 heterocycles. The summed E-state index contributed by atoms with van der Waals surface area (Å²) in [6.45, 7) is 4.29. The first-order valence-corrected chi connectivity index (χ1v) is 9.64. The molecular weight excluding hydrogens is 402 g/mol. The van der Waals surface area contributed by atoms with Gasteiger partial charge in [-0.05, 0) is 37.6 Å². The van der Waals surface area contributed by atoms with E-state index in [1.807, 2.05) is 32.0 Å². The van der Waals surface area contributed by atoms with Crippen LogP contribution in [0.1, 0.15) is 33.9 Å². The van der Waals surface area contributed by atoms with Crippen LogP contribution in [0.25, 0.3) is 0 Å². The number of benzene rings is 1. The number of aryl methyl sites for hydroxylation is 2. The number of carbonyl (C=O) groups is 2. The topological polar surface area (TPSA) is 120 Å². The lowest BCUT2D eigenvalue weighted by Crippen LogP contribution is -2.19. The Morgan fingerprint density at radius 3 is 2.52 bits per heavy atom. The molecule has 3 rings (SSSR count). The summed E-state index contributed by atoms with van der Waals surface area (Å²) in [5, 5.41) is 20.3. The number of carbonyl (C=O) groups excluding carboxylic acids is 1. The number of hydrogen-bond donors (Lipinski definition) is 2. The molecule has 0 saturated carbocycles. The number of amides is 1. The van der Waals surface area contributed by atoms with E-state index in [9.17, 15) is 9.59 Å². The van der Waals surface area contributed by atoms with Crippen LogP contribution in [0.3, 0.4) is 0 Å². The summed E-state index contributed by atoms with van der Waals surface area (Å²) < 4.78 is 13.8. The molecule has 0 atom stereocenters. The highest BCUT2D eigenvalue weighted by atomic mass is 16.5. The van der Waals surface area contributed by atoms with Gasteiger partial charge in [0.25, 0.3) is 5.91 Å². The van der Waals surface area contributed by atoms with Gasteiger partial charge in [0.05, 0.1) is 50.8 Å². The van der Waals surface area contributed by atoms with Crippen LogP contribution < -0.4 is 14.8 Å². The summed E-state index contributed by atoms with van der Waals surface area (Å²) in [5.74, 6) is -0.0542. The lowest BCUT2D eigenvalue weighted by Gasteiger charge is -2.11. The minimum atomic E-state index is -0.954. The smallest absolute Gasteiger partial charge is 0.305 e. The molecule has 2 N–H and O–H groups in total. The molecule has 0 aliphatic heterocycles. The quantitative estimate of drug-likeness (QED) is 0.538. The number of carboxylic acids is 1. The molecule has 0 fully saturated rings. The van der Waals surface area contributed by atoms with Crippen molar-refractivity contribution >= 4 is 17.6 Å². The minimum absolute atomic E-state index is 0.113. The van der Waals surface area contributed by atoms with Gasteiger partial charge in [-0.3, -0.25) is 19.0 Å². The fourth-order valence-electron chi connectivity index (χ4n) is 3.27. The first kappa shape index (κ1) is 21.9. The van der Waals surface area contributed by atoms with Gasteiger partial charge in [-0.1, -0.05) is 6.07 Å². The molecule has 1 amide bonds. The summed E-state index contributed by atoms with van der Waals surface area (Å²) in [7, 11) is 3.17. The lowest BCUT2D eigenvalue weighted by molar-refractivity contribution is -0.137. The van der Waals surface area contributed by atoms with Crippen molar-refractivity contribution in [3.63, 3.8) is 0 Å². The highest BCUT2D eigenvalue weighted by molar-refractivity contribution is 6.03. The SMILES string of the molecule is COc1ccc(Cn2nc(C)c(NC(=O)c3ccnn3CCC(=O)O)c2C)cc1OC. The van der Waals surface area contributed by atoms with E-state index < -0.39 is 5.97 Å². The number of nitrogens with zero attached hydrogens (tertiary/aromatic N) is 4. The molecule has 0 aliphatic carbocycles. The summed E-state index contributed by atoms with van der Waals surface area (Å²) in [6.07, 6.45) is 1.35. The number of ether oxygens (including phenoxy) is 2. The number of hydrogen-bond acceptors (Lipinski definition) is 6. The number of carboxylic acid groups (broad SMARTS) is 1. The Morgan fingerprint density at radius 1 is 1.10 bits per heavy atom. The molecule has 3 aromatic rings. The Hall–Kier alpha value is -3.82. The lowest BCUT2D eigenvalue weighted by atomic mass is 10.2. The van der Waals surface area contributed by atoms with Crippen molar-refractivity contribution in [1.29, 1.82) is 0 Å². The van der Waals surface area contributed by atoms with Crippen molar-refractivity contribution in [1.82, 2.24) is 19.6 Å². The van der Waals surface area contributed by atoms with Crippen LogP contribution in [-0.4, -0.2) is 50.8 Å². The maximum atomic E-state index is 12.8. The van der Waals surface area contributed by atoms with E-state index in [1.165, 1.54) is 10.9 Å². The molecule has 0 unspecified atom stereocenters. The van der Waals surface area contributed by atoms with Crippen LogP contribution in [0.5, 0.6) is 11.5 Å². The van der Waals surface area contributed by atoms with Crippen molar-refractivity contribution in [3.8, 4) is 11.5 Å². The first-order chi connectivity index (χ1) is 14.8. The van der Waals surface area contributed by atoms with Gasteiger partial charge in [-0.2, -0.15) is 10.2 Å². The zero-order chi connectivity index (χ0) is 22.5. The van der Waals surface area contributed by atoms with Gasteiger partial charge in [0.1, 0.15) is 5.69 Å². The largest absolute Gasteiger partial charge is 0.493 e.